The van der Waals surface area contributed by atoms with E-state index in [1.165, 1.54) is 0 Å². The van der Waals surface area contributed by atoms with Crippen molar-refractivity contribution < 1.29 is 43.0 Å². The van der Waals surface area contributed by atoms with Gasteiger partial charge in [0.25, 0.3) is 0 Å². The lowest BCUT2D eigenvalue weighted by atomic mass is 9.93. The SMILES string of the molecule is CCOc1cc2c(OCC)cc1Cc1cc(OCC)c(cc1OCC)Cc1cc(OCC)c(cc1OCC)Cc1c(O)cc(c3nccnc13)Cc1cc(OCC)c(cc1OCC)C2. The van der Waals surface area contributed by atoms with Gasteiger partial charge in [0.05, 0.1) is 63.9 Å². The van der Waals surface area contributed by atoms with Crippen molar-refractivity contribution in [3.05, 3.63) is 123 Å². The molecule has 0 aliphatic heterocycles. The second-order valence-electron chi connectivity index (χ2n) is 15.4. The molecule has 0 saturated carbocycles. The molecule has 0 atom stereocenters. The van der Waals surface area contributed by atoms with Gasteiger partial charge >= 0.3 is 0 Å². The number of hydrogen-bond donors (Lipinski definition) is 1. The highest BCUT2D eigenvalue weighted by molar-refractivity contribution is 5.85. The fraction of sp³-hybridized carbons (Fsp3) is 0.396. The minimum absolute atomic E-state index is 0.111. The Morgan fingerprint density at radius 1 is 0.328 bits per heavy atom. The predicted molar refractivity (Wildman–Crippen MR) is 250 cm³/mol. The number of rotatable bonds is 16. The average Bonchev–Trinajstić information content (AvgIpc) is 3.27. The van der Waals surface area contributed by atoms with Gasteiger partial charge in [0.15, 0.2) is 0 Å². The van der Waals surface area contributed by atoms with Gasteiger partial charge in [-0.25, -0.2) is 0 Å². The van der Waals surface area contributed by atoms with Gasteiger partial charge in [0.2, 0.25) is 0 Å². The molecule has 15 rings (SSSR count). The van der Waals surface area contributed by atoms with Gasteiger partial charge in [0, 0.05) is 94.6 Å². The second-order valence-corrected chi connectivity index (χ2v) is 15.4. The van der Waals surface area contributed by atoms with Gasteiger partial charge in [0.1, 0.15) is 51.7 Å². The van der Waals surface area contributed by atoms with E-state index in [9.17, 15) is 5.11 Å². The fourth-order valence-corrected chi connectivity index (χ4v) is 8.56. The molecule has 9 aliphatic carbocycles. The topological polar surface area (TPSA) is 120 Å². The molecular formula is C53H62N2O9. The summed E-state index contributed by atoms with van der Waals surface area (Å²) in [4.78, 5) is 9.67. The van der Waals surface area contributed by atoms with Crippen molar-refractivity contribution in [1.82, 2.24) is 9.97 Å². The molecule has 0 radical (unpaired) electrons. The lowest BCUT2D eigenvalue weighted by molar-refractivity contribution is 0.320. The maximum atomic E-state index is 12.0. The van der Waals surface area contributed by atoms with Crippen LogP contribution in [0.5, 0.6) is 51.7 Å². The van der Waals surface area contributed by atoms with Crippen molar-refractivity contribution in [1.29, 1.82) is 0 Å². The monoisotopic (exact) mass is 870 g/mol. The Hall–Kier alpha value is -6.36. The predicted octanol–water partition coefficient (Wildman–Crippen LogP) is 10.8. The summed E-state index contributed by atoms with van der Waals surface area (Å²) in [6.45, 7) is 19.6. The normalized spacial score (nSPS) is 12.3. The van der Waals surface area contributed by atoms with Crippen molar-refractivity contribution in [2.75, 3.05) is 52.9 Å². The first-order valence-electron chi connectivity index (χ1n) is 22.9. The van der Waals surface area contributed by atoms with Crippen molar-refractivity contribution in [3.8, 4) is 51.7 Å². The first-order chi connectivity index (χ1) is 31.2. The Morgan fingerprint density at radius 2 is 0.562 bits per heavy atom. The summed E-state index contributed by atoms with van der Waals surface area (Å²) in [5, 5.41) is 12.0. The number of hydrogen-bond acceptors (Lipinski definition) is 11. The van der Waals surface area contributed by atoms with Gasteiger partial charge in [-0.3, -0.25) is 9.97 Å². The highest BCUT2D eigenvalue weighted by Gasteiger charge is 2.24. The first-order valence-corrected chi connectivity index (χ1v) is 22.9. The molecule has 5 aromatic carbocycles. The van der Waals surface area contributed by atoms with Gasteiger partial charge in [-0.15, -0.1) is 0 Å². The number of nitrogens with zero attached hydrogens (tertiary/aromatic N) is 2. The summed E-state index contributed by atoms with van der Waals surface area (Å²) in [5.74, 6) is 5.99. The lowest BCUT2D eigenvalue weighted by Gasteiger charge is -2.21. The average molecular weight is 871 g/mol. The van der Waals surface area contributed by atoms with E-state index >= 15 is 0 Å². The number of aromatic nitrogens is 2. The first kappa shape index (κ1) is 45.7. The fourth-order valence-electron chi connectivity index (χ4n) is 8.56. The molecule has 0 spiro atoms. The van der Waals surface area contributed by atoms with Crippen LogP contribution in [0.3, 0.4) is 0 Å². The van der Waals surface area contributed by atoms with E-state index in [1.54, 1.807) is 18.5 Å². The van der Waals surface area contributed by atoms with E-state index in [0.717, 1.165) is 78.8 Å². The smallest absolute Gasteiger partial charge is 0.123 e. The zero-order valence-electron chi connectivity index (χ0n) is 38.7. The molecule has 338 valence electrons. The Bertz CT molecular complexity index is 2570. The molecule has 10 bridgehead atoms. The standard InChI is InChI=1S/C53H62N2O9/c1-9-57-44-27-35-20-37-29-49(62-14-6)39(31-48(37)61-13-5)22-41-24-43(56)42(53-52(41)54-17-18-55-53)23-40-32-50(63-15-7)38(30-51(40)64-16-8)21-36-28-46(59-11-3)34(26-47(36)60-12-4)19-33(44)25-45(35)58-10-2/h17-18,24-32,56H,9-16,19-23H2,1-8H3. The van der Waals surface area contributed by atoms with Crippen molar-refractivity contribution in [2.45, 2.75) is 87.5 Å². The van der Waals surface area contributed by atoms with Gasteiger partial charge in [-0.1, -0.05) is 0 Å². The molecule has 1 N–H and O–H groups in total. The van der Waals surface area contributed by atoms with Gasteiger partial charge in [-0.2, -0.15) is 0 Å². The van der Waals surface area contributed by atoms with Crippen LogP contribution in [-0.2, 0) is 32.1 Å². The van der Waals surface area contributed by atoms with Crippen molar-refractivity contribution >= 4 is 11.0 Å². The van der Waals surface area contributed by atoms with Crippen molar-refractivity contribution in [2.24, 2.45) is 0 Å². The summed E-state index contributed by atoms with van der Waals surface area (Å²) in [7, 11) is 0. The van der Waals surface area contributed by atoms with E-state index in [1.807, 2.05) is 61.5 Å². The molecule has 0 unspecified atom stereocenters. The summed E-state index contributed by atoms with van der Waals surface area (Å²) in [6, 6.07) is 18.4. The number of phenolic OH excluding ortho intramolecular Hbond substituents is 1. The Balaban J connectivity index is 1.52. The molecule has 1 aromatic heterocycles. The van der Waals surface area contributed by atoms with Crippen LogP contribution >= 0.6 is 0 Å². The zero-order chi connectivity index (χ0) is 45.2. The van der Waals surface area contributed by atoms with Crippen LogP contribution in [0.15, 0.2) is 67.0 Å². The molecule has 0 fully saturated rings. The number of aromatic hydroxyl groups is 1. The summed E-state index contributed by atoms with van der Waals surface area (Å²) in [6.07, 6.45) is 5.58. The Morgan fingerprint density at radius 3 is 0.828 bits per heavy atom. The van der Waals surface area contributed by atoms with E-state index in [2.05, 4.69) is 42.5 Å². The Kier molecular flexibility index (Phi) is 15.2. The third kappa shape index (κ3) is 10.0. The van der Waals surface area contributed by atoms with Crippen molar-refractivity contribution in [3.63, 3.8) is 0 Å². The van der Waals surface area contributed by atoms with Crippen LogP contribution in [-0.4, -0.2) is 67.9 Å². The maximum Gasteiger partial charge on any atom is 0.123 e. The van der Waals surface area contributed by atoms with Gasteiger partial charge in [-0.05, 0) is 116 Å². The molecule has 6 aromatic rings. The Labute approximate surface area is 377 Å². The number of benzene rings is 5. The third-order valence-corrected chi connectivity index (χ3v) is 11.2. The second kappa shape index (κ2) is 21.3. The molecular weight excluding hydrogens is 809 g/mol. The zero-order valence-corrected chi connectivity index (χ0v) is 38.7. The summed E-state index contributed by atoms with van der Waals surface area (Å²) >= 11 is 0. The van der Waals surface area contributed by atoms with Gasteiger partial charge < -0.3 is 43.0 Å². The van der Waals surface area contributed by atoms with Crippen LogP contribution in [0.2, 0.25) is 0 Å². The van der Waals surface area contributed by atoms with Crippen LogP contribution in [0, 0.1) is 0 Å². The van der Waals surface area contributed by atoms with E-state index < -0.39 is 0 Å². The van der Waals surface area contributed by atoms with E-state index in [4.69, 9.17) is 47.9 Å². The third-order valence-electron chi connectivity index (χ3n) is 11.2. The molecule has 11 heteroatoms. The molecule has 64 heavy (non-hydrogen) atoms. The summed E-state index contributed by atoms with van der Waals surface area (Å²) in [5.41, 5.74) is 10.2. The van der Waals surface area contributed by atoms with E-state index in [0.29, 0.717) is 119 Å². The van der Waals surface area contributed by atoms with Crippen LogP contribution in [0.4, 0.5) is 0 Å². The molecule has 0 amide bonds. The largest absolute Gasteiger partial charge is 0.508 e. The molecule has 1 heterocycles. The minimum Gasteiger partial charge on any atom is -0.508 e. The number of phenols is 1. The summed E-state index contributed by atoms with van der Waals surface area (Å²) < 4.78 is 51.1. The highest BCUT2D eigenvalue weighted by Crippen LogP contribution is 2.42. The van der Waals surface area contributed by atoms with Crippen LogP contribution in [0.1, 0.15) is 111 Å². The lowest BCUT2D eigenvalue weighted by Crippen LogP contribution is -2.08. The molecule has 11 nitrogen and oxygen atoms in total. The maximum absolute atomic E-state index is 12.0. The molecule has 9 aliphatic rings. The highest BCUT2D eigenvalue weighted by atomic mass is 16.5. The van der Waals surface area contributed by atoms with Crippen LogP contribution in [0.25, 0.3) is 11.0 Å². The number of ether oxygens (including phenoxy) is 8. The quantitative estimate of drug-likeness (QED) is 0.0999. The van der Waals surface area contributed by atoms with Crippen LogP contribution < -0.4 is 37.9 Å². The molecule has 0 saturated heterocycles. The van der Waals surface area contributed by atoms with E-state index in [-0.39, 0.29) is 5.75 Å². The minimum atomic E-state index is 0.111.